The number of aryl methyl sites for hydroxylation is 1. The molecule has 30 heavy (non-hydrogen) atoms. The number of amides is 4. The second-order valence-corrected chi connectivity index (χ2v) is 8.10. The predicted molar refractivity (Wildman–Crippen MR) is 115 cm³/mol. The third-order valence-electron chi connectivity index (χ3n) is 5.83. The van der Waals surface area contributed by atoms with E-state index < -0.39 is 23.4 Å². The number of hydrogen-bond acceptors (Lipinski definition) is 4. The lowest BCUT2D eigenvalue weighted by Gasteiger charge is -2.22. The highest BCUT2D eigenvalue weighted by atomic mass is 16.2. The molecule has 0 aromatic heterocycles. The lowest BCUT2D eigenvalue weighted by Crippen LogP contribution is -2.42. The largest absolute Gasteiger partial charge is 0.372 e. The molecule has 2 aromatic carbocycles. The van der Waals surface area contributed by atoms with Gasteiger partial charge in [0.05, 0.1) is 0 Å². The summed E-state index contributed by atoms with van der Waals surface area (Å²) in [5.41, 5.74) is 2.34. The minimum absolute atomic E-state index is 0.333. The monoisotopic (exact) mass is 406 g/mol. The highest BCUT2D eigenvalue weighted by Gasteiger charge is 2.49. The molecule has 0 saturated carbocycles. The first-order valence-electron chi connectivity index (χ1n) is 10.2. The van der Waals surface area contributed by atoms with E-state index in [2.05, 4.69) is 15.5 Å². The maximum absolute atomic E-state index is 13.0. The number of benzene rings is 2. The summed E-state index contributed by atoms with van der Waals surface area (Å²) in [4.78, 5) is 41.2. The predicted octanol–water partition coefficient (Wildman–Crippen LogP) is 3.00. The SMILES string of the molecule is Cc1ccc([C@@]2(C)NC(=O)N(CC(=O)Nc3ccc(N4CCCC4)cc3)C2=O)cc1. The molecule has 0 radical (unpaired) electrons. The molecule has 0 unspecified atom stereocenters. The maximum Gasteiger partial charge on any atom is 0.325 e. The van der Waals surface area contributed by atoms with Gasteiger partial charge in [-0.3, -0.25) is 14.5 Å². The van der Waals surface area contributed by atoms with E-state index in [-0.39, 0.29) is 6.54 Å². The number of carbonyl (C=O) groups excluding carboxylic acids is 3. The molecule has 4 rings (SSSR count). The minimum Gasteiger partial charge on any atom is -0.372 e. The summed E-state index contributed by atoms with van der Waals surface area (Å²) in [5, 5.41) is 5.50. The molecular formula is C23H26N4O3. The molecule has 7 heteroatoms. The Labute approximate surface area is 176 Å². The van der Waals surface area contributed by atoms with Gasteiger partial charge in [0.15, 0.2) is 0 Å². The van der Waals surface area contributed by atoms with Crippen molar-refractivity contribution in [2.75, 3.05) is 29.9 Å². The summed E-state index contributed by atoms with van der Waals surface area (Å²) < 4.78 is 0. The molecule has 7 nitrogen and oxygen atoms in total. The van der Waals surface area contributed by atoms with E-state index >= 15 is 0 Å². The van der Waals surface area contributed by atoms with Crippen LogP contribution in [0.1, 0.15) is 30.9 Å². The van der Waals surface area contributed by atoms with Crippen LogP contribution < -0.4 is 15.5 Å². The van der Waals surface area contributed by atoms with Crippen LogP contribution in [-0.2, 0) is 15.1 Å². The number of nitrogens with one attached hydrogen (secondary N) is 2. The number of carbonyl (C=O) groups is 3. The molecular weight excluding hydrogens is 380 g/mol. The summed E-state index contributed by atoms with van der Waals surface area (Å²) in [6, 6.07) is 14.5. The summed E-state index contributed by atoms with van der Waals surface area (Å²) >= 11 is 0. The fraction of sp³-hybridized carbons (Fsp3) is 0.348. The van der Waals surface area contributed by atoms with Gasteiger partial charge in [0.2, 0.25) is 5.91 Å². The summed E-state index contributed by atoms with van der Waals surface area (Å²) in [7, 11) is 0. The van der Waals surface area contributed by atoms with Crippen molar-refractivity contribution < 1.29 is 14.4 Å². The van der Waals surface area contributed by atoms with Gasteiger partial charge in [0, 0.05) is 24.5 Å². The molecule has 4 amide bonds. The lowest BCUT2D eigenvalue weighted by molar-refractivity contribution is -0.133. The van der Waals surface area contributed by atoms with Crippen LogP contribution in [-0.4, -0.2) is 42.4 Å². The number of urea groups is 1. The van der Waals surface area contributed by atoms with Crippen molar-refractivity contribution in [1.29, 1.82) is 0 Å². The lowest BCUT2D eigenvalue weighted by atomic mass is 9.91. The second-order valence-electron chi connectivity index (χ2n) is 8.10. The van der Waals surface area contributed by atoms with Crippen molar-refractivity contribution in [3.05, 3.63) is 59.7 Å². The second kappa shape index (κ2) is 7.82. The standard InChI is InChI=1S/C23H26N4O3/c1-16-5-7-17(8-6-16)23(2)21(29)27(22(30)25-23)15-20(28)24-18-9-11-19(12-10-18)26-13-3-4-14-26/h5-12H,3-4,13-15H2,1-2H3,(H,24,28)(H,25,30)/t23-/m1/s1. The van der Waals surface area contributed by atoms with Crippen molar-refractivity contribution in [3.8, 4) is 0 Å². The number of rotatable bonds is 5. The summed E-state index contributed by atoms with van der Waals surface area (Å²) in [5.74, 6) is -0.850. The van der Waals surface area contributed by atoms with E-state index in [0.29, 0.717) is 11.3 Å². The minimum atomic E-state index is -1.18. The molecule has 2 aliphatic heterocycles. The molecule has 0 spiro atoms. The Morgan fingerprint density at radius 2 is 1.67 bits per heavy atom. The van der Waals surface area contributed by atoms with Crippen molar-refractivity contribution in [2.24, 2.45) is 0 Å². The Morgan fingerprint density at radius 1 is 1.03 bits per heavy atom. The third-order valence-corrected chi connectivity index (χ3v) is 5.83. The number of nitrogens with zero attached hydrogens (tertiary/aromatic N) is 2. The van der Waals surface area contributed by atoms with Gasteiger partial charge in [-0.1, -0.05) is 29.8 Å². The van der Waals surface area contributed by atoms with E-state index in [4.69, 9.17) is 0 Å². The van der Waals surface area contributed by atoms with Crippen molar-refractivity contribution in [3.63, 3.8) is 0 Å². The van der Waals surface area contributed by atoms with E-state index in [1.54, 1.807) is 6.92 Å². The Hall–Kier alpha value is -3.35. The smallest absolute Gasteiger partial charge is 0.325 e. The van der Waals surface area contributed by atoms with Crippen molar-refractivity contribution >= 4 is 29.2 Å². The Kier molecular flexibility index (Phi) is 5.20. The number of hydrogen-bond donors (Lipinski definition) is 2. The molecule has 2 heterocycles. The number of anilines is 2. The maximum atomic E-state index is 13.0. The fourth-order valence-electron chi connectivity index (χ4n) is 4.00. The number of imide groups is 1. The van der Waals surface area contributed by atoms with E-state index in [1.807, 2.05) is 55.5 Å². The zero-order valence-electron chi connectivity index (χ0n) is 17.3. The molecule has 0 aliphatic carbocycles. The van der Waals surface area contributed by atoms with Gasteiger partial charge in [-0.2, -0.15) is 0 Å². The van der Waals surface area contributed by atoms with Gasteiger partial charge < -0.3 is 15.5 Å². The first-order chi connectivity index (χ1) is 14.4. The fourth-order valence-corrected chi connectivity index (χ4v) is 4.00. The normalized spacial score (nSPS) is 21.1. The van der Waals surface area contributed by atoms with Crippen LogP contribution >= 0.6 is 0 Å². The average molecular weight is 406 g/mol. The van der Waals surface area contributed by atoms with Gasteiger partial charge in [-0.15, -0.1) is 0 Å². The first-order valence-corrected chi connectivity index (χ1v) is 10.2. The highest BCUT2D eigenvalue weighted by molar-refractivity contribution is 6.10. The Balaban J connectivity index is 1.41. The van der Waals surface area contributed by atoms with Crippen LogP contribution in [0.15, 0.2) is 48.5 Å². The van der Waals surface area contributed by atoms with Gasteiger partial charge in [0.1, 0.15) is 12.1 Å². The van der Waals surface area contributed by atoms with Crippen molar-refractivity contribution in [2.45, 2.75) is 32.2 Å². The summed E-state index contributed by atoms with van der Waals surface area (Å²) in [6.07, 6.45) is 2.40. The van der Waals surface area contributed by atoms with Crippen LogP contribution in [0.25, 0.3) is 0 Å². The van der Waals surface area contributed by atoms with Crippen molar-refractivity contribution in [1.82, 2.24) is 10.2 Å². The molecule has 2 saturated heterocycles. The van der Waals surface area contributed by atoms with Crippen LogP contribution in [0.5, 0.6) is 0 Å². The molecule has 2 aliphatic rings. The van der Waals surface area contributed by atoms with E-state index in [0.717, 1.165) is 29.2 Å². The first kappa shape index (κ1) is 19.9. The summed E-state index contributed by atoms with van der Waals surface area (Å²) in [6.45, 7) is 5.39. The van der Waals surface area contributed by atoms with Crippen LogP contribution in [0.4, 0.5) is 16.2 Å². The zero-order chi connectivity index (χ0) is 21.3. The molecule has 2 N–H and O–H groups in total. The molecule has 2 aromatic rings. The molecule has 2 fully saturated rings. The Morgan fingerprint density at radius 3 is 2.30 bits per heavy atom. The zero-order valence-corrected chi connectivity index (χ0v) is 17.3. The highest BCUT2D eigenvalue weighted by Crippen LogP contribution is 2.29. The van der Waals surface area contributed by atoms with E-state index in [9.17, 15) is 14.4 Å². The molecule has 1 atom stereocenters. The molecule has 0 bridgehead atoms. The topological polar surface area (TPSA) is 81.8 Å². The average Bonchev–Trinajstić information content (AvgIpc) is 3.33. The van der Waals surface area contributed by atoms with Crippen LogP contribution in [0.3, 0.4) is 0 Å². The quantitative estimate of drug-likeness (QED) is 0.748. The van der Waals surface area contributed by atoms with Gasteiger partial charge in [-0.05, 0) is 56.5 Å². The third kappa shape index (κ3) is 3.75. The van der Waals surface area contributed by atoms with Gasteiger partial charge >= 0.3 is 6.03 Å². The van der Waals surface area contributed by atoms with Gasteiger partial charge in [-0.25, -0.2) is 4.79 Å². The molecule has 156 valence electrons. The van der Waals surface area contributed by atoms with E-state index in [1.165, 1.54) is 12.8 Å². The van der Waals surface area contributed by atoms with Crippen LogP contribution in [0.2, 0.25) is 0 Å². The van der Waals surface area contributed by atoms with Gasteiger partial charge in [0.25, 0.3) is 5.91 Å². The van der Waals surface area contributed by atoms with Crippen LogP contribution in [0, 0.1) is 6.92 Å². The Bertz CT molecular complexity index is 965.